The van der Waals surface area contributed by atoms with Gasteiger partial charge in [-0.15, -0.1) is 0 Å². The third kappa shape index (κ3) is 3.95. The number of hydrogen-bond acceptors (Lipinski definition) is 4. The lowest BCUT2D eigenvalue weighted by atomic mass is 10.1. The van der Waals surface area contributed by atoms with Crippen LogP contribution in [0.5, 0.6) is 0 Å². The van der Waals surface area contributed by atoms with E-state index in [1.807, 2.05) is 31.2 Å². The van der Waals surface area contributed by atoms with E-state index in [9.17, 15) is 13.2 Å². The van der Waals surface area contributed by atoms with Crippen LogP contribution in [0.4, 0.5) is 0 Å². The minimum Gasteiger partial charge on any atom is -0.465 e. The van der Waals surface area contributed by atoms with Gasteiger partial charge in [-0.2, -0.15) is 4.31 Å². The van der Waals surface area contributed by atoms with E-state index < -0.39 is 16.0 Å². The maximum Gasteiger partial charge on any atom is 0.339 e. The molecule has 2 rings (SSSR count). The van der Waals surface area contributed by atoms with Gasteiger partial charge in [0.2, 0.25) is 10.0 Å². The normalized spacial score (nSPS) is 11.5. The average molecular weight is 368 g/mol. The van der Waals surface area contributed by atoms with Crippen LogP contribution in [0.1, 0.15) is 21.5 Å². The highest BCUT2D eigenvalue weighted by Gasteiger charge is 2.23. The second-order valence-electron chi connectivity index (χ2n) is 5.38. The molecule has 0 heterocycles. The van der Waals surface area contributed by atoms with Crippen LogP contribution < -0.4 is 0 Å². The SMILES string of the molecule is COC(=O)c1cc(S(=O)(=O)N(C)Cc2cccc(C)c2)ccc1Cl. The summed E-state index contributed by atoms with van der Waals surface area (Å²) in [5.41, 5.74) is 1.95. The molecule has 24 heavy (non-hydrogen) atoms. The predicted octanol–water partition coefficient (Wildman–Crippen LogP) is 3.26. The minimum atomic E-state index is -3.76. The van der Waals surface area contributed by atoms with Crippen molar-refractivity contribution in [2.75, 3.05) is 14.2 Å². The van der Waals surface area contributed by atoms with E-state index in [0.29, 0.717) is 0 Å². The molecule has 0 aliphatic rings. The minimum absolute atomic E-state index is 0.0116. The Kier molecular flexibility index (Phi) is 5.64. The Labute approximate surface area is 146 Å². The number of hydrogen-bond donors (Lipinski definition) is 0. The highest BCUT2D eigenvalue weighted by Crippen LogP contribution is 2.24. The van der Waals surface area contributed by atoms with Crippen molar-refractivity contribution in [3.63, 3.8) is 0 Å². The summed E-state index contributed by atoms with van der Waals surface area (Å²) in [5.74, 6) is -0.682. The molecule has 0 aliphatic carbocycles. The molecule has 0 unspecified atom stereocenters. The second kappa shape index (κ2) is 7.34. The van der Waals surface area contributed by atoms with E-state index in [4.69, 9.17) is 11.6 Å². The lowest BCUT2D eigenvalue weighted by molar-refractivity contribution is 0.0600. The highest BCUT2D eigenvalue weighted by molar-refractivity contribution is 7.89. The lowest BCUT2D eigenvalue weighted by Gasteiger charge is -2.18. The van der Waals surface area contributed by atoms with E-state index in [2.05, 4.69) is 4.74 Å². The monoisotopic (exact) mass is 367 g/mol. The highest BCUT2D eigenvalue weighted by atomic mass is 35.5. The number of rotatable bonds is 5. The van der Waals surface area contributed by atoms with Crippen LogP contribution in [0.15, 0.2) is 47.4 Å². The molecule has 0 N–H and O–H groups in total. The van der Waals surface area contributed by atoms with Crippen LogP contribution in [0.3, 0.4) is 0 Å². The summed E-state index contributed by atoms with van der Waals surface area (Å²) in [6.45, 7) is 2.17. The van der Waals surface area contributed by atoms with Gasteiger partial charge in [0.25, 0.3) is 0 Å². The maximum absolute atomic E-state index is 12.7. The first-order valence-corrected chi connectivity index (χ1v) is 8.97. The Morgan fingerprint density at radius 1 is 1.21 bits per heavy atom. The van der Waals surface area contributed by atoms with Crippen molar-refractivity contribution in [3.05, 3.63) is 64.2 Å². The molecule has 0 spiro atoms. The fourth-order valence-corrected chi connectivity index (χ4v) is 3.64. The number of aryl methyl sites for hydroxylation is 1. The maximum atomic E-state index is 12.7. The van der Waals surface area contributed by atoms with Gasteiger partial charge in [0, 0.05) is 13.6 Å². The summed E-state index contributed by atoms with van der Waals surface area (Å²) in [6, 6.07) is 11.6. The van der Waals surface area contributed by atoms with Gasteiger partial charge < -0.3 is 4.74 Å². The van der Waals surface area contributed by atoms with Gasteiger partial charge in [0.05, 0.1) is 22.6 Å². The lowest BCUT2D eigenvalue weighted by Crippen LogP contribution is -2.26. The molecule has 0 aromatic heterocycles. The second-order valence-corrected chi connectivity index (χ2v) is 7.84. The Hall–Kier alpha value is -1.89. The van der Waals surface area contributed by atoms with Crippen LogP contribution in [-0.4, -0.2) is 32.8 Å². The van der Waals surface area contributed by atoms with Crippen LogP contribution in [0.2, 0.25) is 5.02 Å². The summed E-state index contributed by atoms with van der Waals surface area (Å²) in [6.07, 6.45) is 0. The molecule has 0 bridgehead atoms. The number of carbonyl (C=O) groups excluding carboxylic acids is 1. The quantitative estimate of drug-likeness (QED) is 0.761. The van der Waals surface area contributed by atoms with Crippen LogP contribution in [0.25, 0.3) is 0 Å². The molecule has 0 atom stereocenters. The molecule has 128 valence electrons. The average Bonchev–Trinajstić information content (AvgIpc) is 2.54. The zero-order valence-corrected chi connectivity index (χ0v) is 15.2. The van der Waals surface area contributed by atoms with Crippen LogP contribution in [0, 0.1) is 6.92 Å². The number of benzene rings is 2. The number of esters is 1. The Balaban J connectivity index is 2.34. The standard InChI is InChI=1S/C17H18ClNO4S/c1-12-5-4-6-13(9-12)11-19(2)24(21,22)14-7-8-16(18)15(10-14)17(20)23-3/h4-10H,11H2,1-3H3. The largest absolute Gasteiger partial charge is 0.465 e. The molecule has 0 saturated carbocycles. The smallest absolute Gasteiger partial charge is 0.339 e. The summed E-state index contributed by atoms with van der Waals surface area (Å²) in [4.78, 5) is 11.7. The molecule has 0 saturated heterocycles. The fourth-order valence-electron chi connectivity index (χ4n) is 2.26. The first-order chi connectivity index (χ1) is 11.3. The van der Waals surface area contributed by atoms with Gasteiger partial charge in [0.1, 0.15) is 0 Å². The van der Waals surface area contributed by atoms with E-state index >= 15 is 0 Å². The molecule has 0 fully saturated rings. The molecular formula is C17H18ClNO4S. The number of sulfonamides is 1. The van der Waals surface area contributed by atoms with Crippen molar-refractivity contribution in [1.82, 2.24) is 4.31 Å². The van der Waals surface area contributed by atoms with Gasteiger partial charge in [-0.25, -0.2) is 13.2 Å². The van der Waals surface area contributed by atoms with Gasteiger partial charge >= 0.3 is 5.97 Å². The van der Waals surface area contributed by atoms with E-state index in [1.54, 1.807) is 0 Å². The number of halogens is 1. The Morgan fingerprint density at radius 3 is 2.54 bits per heavy atom. The molecular weight excluding hydrogens is 350 g/mol. The molecule has 0 aliphatic heterocycles. The van der Waals surface area contributed by atoms with Gasteiger partial charge in [-0.1, -0.05) is 41.4 Å². The number of carbonyl (C=O) groups is 1. The molecule has 2 aromatic rings. The van der Waals surface area contributed by atoms with Crippen molar-refractivity contribution in [2.45, 2.75) is 18.4 Å². The van der Waals surface area contributed by atoms with Crippen molar-refractivity contribution < 1.29 is 17.9 Å². The van der Waals surface area contributed by atoms with Crippen molar-refractivity contribution in [1.29, 1.82) is 0 Å². The number of nitrogens with zero attached hydrogens (tertiary/aromatic N) is 1. The van der Waals surface area contributed by atoms with Crippen LogP contribution in [-0.2, 0) is 21.3 Å². The number of ether oxygens (including phenoxy) is 1. The van der Waals surface area contributed by atoms with Crippen molar-refractivity contribution >= 4 is 27.6 Å². The number of methoxy groups -OCH3 is 1. The summed E-state index contributed by atoms with van der Waals surface area (Å²) in [7, 11) is -1.06. The molecule has 7 heteroatoms. The van der Waals surface area contributed by atoms with E-state index in [-0.39, 0.29) is 22.0 Å². The van der Waals surface area contributed by atoms with Gasteiger partial charge in [0.15, 0.2) is 0 Å². The summed E-state index contributed by atoms with van der Waals surface area (Å²) in [5, 5.41) is 0.141. The van der Waals surface area contributed by atoms with E-state index in [1.165, 1.54) is 36.7 Å². The topological polar surface area (TPSA) is 63.7 Å². The molecule has 0 radical (unpaired) electrons. The van der Waals surface area contributed by atoms with E-state index in [0.717, 1.165) is 11.1 Å². The van der Waals surface area contributed by atoms with Crippen LogP contribution >= 0.6 is 11.6 Å². The van der Waals surface area contributed by atoms with Gasteiger partial charge in [-0.05, 0) is 30.7 Å². The third-order valence-corrected chi connectivity index (χ3v) is 5.67. The molecule has 2 aromatic carbocycles. The Morgan fingerprint density at radius 2 is 1.92 bits per heavy atom. The van der Waals surface area contributed by atoms with Crippen molar-refractivity contribution in [3.8, 4) is 0 Å². The Bertz CT molecular complexity index is 865. The van der Waals surface area contributed by atoms with Gasteiger partial charge in [-0.3, -0.25) is 0 Å². The first-order valence-electron chi connectivity index (χ1n) is 7.15. The zero-order valence-electron chi connectivity index (χ0n) is 13.6. The zero-order chi connectivity index (χ0) is 17.9. The molecule has 0 amide bonds. The third-order valence-electron chi connectivity index (χ3n) is 3.54. The fraction of sp³-hybridized carbons (Fsp3) is 0.235. The summed E-state index contributed by atoms with van der Waals surface area (Å²) < 4.78 is 31.3. The van der Waals surface area contributed by atoms with Crippen molar-refractivity contribution in [2.24, 2.45) is 0 Å². The molecule has 5 nitrogen and oxygen atoms in total. The predicted molar refractivity (Wildman–Crippen MR) is 92.6 cm³/mol. The summed E-state index contributed by atoms with van der Waals surface area (Å²) >= 11 is 5.94. The first kappa shape index (κ1) is 18.4.